The zero-order valence-corrected chi connectivity index (χ0v) is 9.50. The molecule has 2 rings (SSSR count). The highest BCUT2D eigenvalue weighted by Crippen LogP contribution is 2.11. The summed E-state index contributed by atoms with van der Waals surface area (Å²) in [6, 6.07) is 0. The molecule has 1 aromatic heterocycles. The van der Waals surface area contributed by atoms with Crippen LogP contribution in [0.25, 0.3) is 0 Å². The fourth-order valence-corrected chi connectivity index (χ4v) is 1.78. The number of aromatic nitrogens is 2. The second-order valence-corrected chi connectivity index (χ2v) is 3.86. The van der Waals surface area contributed by atoms with E-state index in [4.69, 9.17) is 14.9 Å². The summed E-state index contributed by atoms with van der Waals surface area (Å²) < 4.78 is 5.21. The Bertz CT molecular complexity index is 458. The first-order valence-electron chi connectivity index (χ1n) is 5.42. The topological polar surface area (TPSA) is 116 Å². The van der Waals surface area contributed by atoms with Crippen molar-refractivity contribution in [2.45, 2.75) is 6.10 Å². The molecule has 8 nitrogen and oxygen atoms in total. The van der Waals surface area contributed by atoms with E-state index in [1.807, 2.05) is 0 Å². The number of carboxylic acid groups (broad SMARTS) is 1. The fourth-order valence-electron chi connectivity index (χ4n) is 1.78. The van der Waals surface area contributed by atoms with Gasteiger partial charge >= 0.3 is 5.97 Å². The van der Waals surface area contributed by atoms with Crippen molar-refractivity contribution >= 4 is 11.9 Å². The highest BCUT2D eigenvalue weighted by atomic mass is 16.5. The van der Waals surface area contributed by atoms with Crippen LogP contribution in [-0.2, 0) is 4.74 Å². The lowest BCUT2D eigenvalue weighted by Gasteiger charge is -2.31. The van der Waals surface area contributed by atoms with E-state index in [0.717, 1.165) is 0 Å². The molecule has 1 aromatic rings. The molecule has 1 saturated heterocycles. The normalized spacial score (nSPS) is 19.8. The number of aromatic amines is 1. The molecule has 1 unspecified atom stereocenters. The average molecular weight is 255 g/mol. The first kappa shape index (κ1) is 12.5. The van der Waals surface area contributed by atoms with Gasteiger partial charge in [-0.25, -0.2) is 9.78 Å². The number of aromatic carboxylic acids is 1. The Kier molecular flexibility index (Phi) is 3.58. The lowest BCUT2D eigenvalue weighted by Crippen LogP contribution is -2.47. The van der Waals surface area contributed by atoms with Gasteiger partial charge in [-0.2, -0.15) is 0 Å². The summed E-state index contributed by atoms with van der Waals surface area (Å²) in [5, 5.41) is 17.9. The first-order valence-corrected chi connectivity index (χ1v) is 5.42. The van der Waals surface area contributed by atoms with Crippen LogP contribution in [0.5, 0.6) is 0 Å². The minimum atomic E-state index is -1.23. The van der Waals surface area contributed by atoms with Gasteiger partial charge in [-0.1, -0.05) is 0 Å². The minimum absolute atomic E-state index is 0.124. The van der Waals surface area contributed by atoms with E-state index < -0.39 is 18.0 Å². The van der Waals surface area contributed by atoms with E-state index in [1.54, 1.807) is 0 Å². The number of nitrogens with one attached hydrogen (secondary N) is 1. The summed E-state index contributed by atoms with van der Waals surface area (Å²) in [6.45, 7) is 0.697. The third kappa shape index (κ3) is 2.34. The third-order valence-electron chi connectivity index (χ3n) is 2.69. The summed E-state index contributed by atoms with van der Waals surface area (Å²) in [5.74, 6) is -1.71. The Balaban J connectivity index is 2.15. The van der Waals surface area contributed by atoms with Crippen LogP contribution < -0.4 is 0 Å². The highest BCUT2D eigenvalue weighted by Gasteiger charge is 2.28. The lowest BCUT2D eigenvalue weighted by molar-refractivity contribution is -0.0448. The van der Waals surface area contributed by atoms with E-state index in [1.165, 1.54) is 11.2 Å². The molecule has 3 N–H and O–H groups in total. The van der Waals surface area contributed by atoms with Crippen molar-refractivity contribution in [3.05, 3.63) is 17.7 Å². The van der Waals surface area contributed by atoms with Crippen LogP contribution in [0.4, 0.5) is 0 Å². The molecule has 98 valence electrons. The number of carbonyl (C=O) groups excluding carboxylic acids is 1. The molecule has 1 aliphatic heterocycles. The predicted molar refractivity (Wildman–Crippen MR) is 58.3 cm³/mol. The molecule has 1 atom stereocenters. The Morgan fingerprint density at radius 1 is 1.61 bits per heavy atom. The molecule has 0 aromatic carbocycles. The van der Waals surface area contributed by atoms with Crippen molar-refractivity contribution in [3.63, 3.8) is 0 Å². The largest absolute Gasteiger partial charge is 0.477 e. The van der Waals surface area contributed by atoms with Crippen LogP contribution in [0.2, 0.25) is 0 Å². The number of aliphatic hydroxyl groups is 1. The molecular formula is C10H13N3O5. The van der Waals surface area contributed by atoms with Crippen LogP contribution in [0.1, 0.15) is 21.0 Å². The number of rotatable bonds is 3. The number of amides is 1. The van der Waals surface area contributed by atoms with E-state index in [2.05, 4.69) is 9.97 Å². The summed E-state index contributed by atoms with van der Waals surface area (Å²) in [7, 11) is 0. The smallest absolute Gasteiger partial charge is 0.354 e. The molecule has 0 bridgehead atoms. The van der Waals surface area contributed by atoms with Crippen molar-refractivity contribution in [3.8, 4) is 0 Å². The Labute approximate surface area is 102 Å². The molecule has 1 amide bonds. The number of nitrogens with zero attached hydrogens (tertiary/aromatic N) is 2. The van der Waals surface area contributed by atoms with Crippen LogP contribution in [0.3, 0.4) is 0 Å². The van der Waals surface area contributed by atoms with Gasteiger partial charge in [0.15, 0.2) is 11.4 Å². The zero-order chi connectivity index (χ0) is 13.1. The maximum atomic E-state index is 12.1. The lowest BCUT2D eigenvalue weighted by atomic mass is 10.2. The summed E-state index contributed by atoms with van der Waals surface area (Å²) in [6.07, 6.45) is 0.732. The third-order valence-corrected chi connectivity index (χ3v) is 2.69. The fraction of sp³-hybridized carbons (Fsp3) is 0.500. The number of carboxylic acids is 1. The Hall–Kier alpha value is -1.93. The van der Waals surface area contributed by atoms with Gasteiger partial charge in [0.05, 0.1) is 25.6 Å². The van der Waals surface area contributed by atoms with Gasteiger partial charge in [0.25, 0.3) is 5.91 Å². The second-order valence-electron chi connectivity index (χ2n) is 3.86. The molecule has 1 aliphatic rings. The first-order chi connectivity index (χ1) is 8.63. The maximum absolute atomic E-state index is 12.1. The quantitative estimate of drug-likeness (QED) is 0.634. The van der Waals surface area contributed by atoms with Crippen LogP contribution >= 0.6 is 0 Å². The zero-order valence-electron chi connectivity index (χ0n) is 9.50. The molecule has 8 heteroatoms. The second kappa shape index (κ2) is 5.15. The van der Waals surface area contributed by atoms with E-state index in [0.29, 0.717) is 13.2 Å². The molecule has 0 spiro atoms. The van der Waals surface area contributed by atoms with Crippen molar-refractivity contribution in [2.24, 2.45) is 0 Å². The monoisotopic (exact) mass is 255 g/mol. The van der Waals surface area contributed by atoms with Gasteiger partial charge in [-0.3, -0.25) is 4.79 Å². The number of aliphatic hydroxyl groups excluding tert-OH is 1. The van der Waals surface area contributed by atoms with E-state index in [-0.39, 0.29) is 24.5 Å². The SMILES string of the molecule is O=C(O)c1[nH]cnc1C(=O)N1CCOC(CO)C1. The van der Waals surface area contributed by atoms with Crippen LogP contribution in [0, 0.1) is 0 Å². The molecular weight excluding hydrogens is 242 g/mol. The molecule has 2 heterocycles. The minimum Gasteiger partial charge on any atom is -0.477 e. The molecule has 0 radical (unpaired) electrons. The molecule has 0 aliphatic carbocycles. The van der Waals surface area contributed by atoms with Gasteiger partial charge in [0.1, 0.15) is 0 Å². The number of imidazole rings is 1. The van der Waals surface area contributed by atoms with Gasteiger partial charge in [-0.05, 0) is 0 Å². The van der Waals surface area contributed by atoms with Gasteiger partial charge in [0, 0.05) is 13.1 Å². The van der Waals surface area contributed by atoms with Gasteiger partial charge < -0.3 is 24.8 Å². The van der Waals surface area contributed by atoms with Crippen molar-refractivity contribution < 1.29 is 24.5 Å². The van der Waals surface area contributed by atoms with Gasteiger partial charge in [0.2, 0.25) is 0 Å². The highest BCUT2D eigenvalue weighted by molar-refractivity contribution is 6.02. The molecule has 0 saturated carbocycles. The summed E-state index contributed by atoms with van der Waals surface area (Å²) in [4.78, 5) is 30.5. The van der Waals surface area contributed by atoms with E-state index in [9.17, 15) is 9.59 Å². The molecule has 1 fully saturated rings. The number of morpholine rings is 1. The maximum Gasteiger partial charge on any atom is 0.354 e. The number of carbonyl (C=O) groups is 2. The van der Waals surface area contributed by atoms with Crippen LogP contribution in [-0.4, -0.2) is 69.4 Å². The summed E-state index contributed by atoms with van der Waals surface area (Å²) in [5.41, 5.74) is -0.354. The number of H-pyrrole nitrogens is 1. The van der Waals surface area contributed by atoms with Gasteiger partial charge in [-0.15, -0.1) is 0 Å². The molecule has 18 heavy (non-hydrogen) atoms. The number of hydrogen-bond acceptors (Lipinski definition) is 5. The number of hydrogen-bond donors (Lipinski definition) is 3. The summed E-state index contributed by atoms with van der Waals surface area (Å²) >= 11 is 0. The van der Waals surface area contributed by atoms with Crippen LogP contribution in [0.15, 0.2) is 6.33 Å². The standard InChI is InChI=1S/C10H13N3O5/c14-4-6-3-13(1-2-18-6)9(15)7-8(10(16)17)12-5-11-7/h5-6,14H,1-4H2,(H,11,12)(H,16,17). The Morgan fingerprint density at radius 3 is 3.06 bits per heavy atom. The van der Waals surface area contributed by atoms with Crippen molar-refractivity contribution in [2.75, 3.05) is 26.3 Å². The average Bonchev–Trinajstić information content (AvgIpc) is 2.87. The van der Waals surface area contributed by atoms with Crippen molar-refractivity contribution in [1.82, 2.24) is 14.9 Å². The predicted octanol–water partition coefficient (Wildman–Crippen LogP) is -1.06. The number of ether oxygens (including phenoxy) is 1. The Morgan fingerprint density at radius 2 is 2.39 bits per heavy atom. The van der Waals surface area contributed by atoms with Crippen molar-refractivity contribution in [1.29, 1.82) is 0 Å². The van der Waals surface area contributed by atoms with E-state index >= 15 is 0 Å².